The molecular formula is C9H20N2O3. The van der Waals surface area contributed by atoms with Crippen LogP contribution in [0.4, 0.5) is 0 Å². The summed E-state index contributed by atoms with van der Waals surface area (Å²) in [6, 6.07) is -0.565. The van der Waals surface area contributed by atoms with Gasteiger partial charge < -0.3 is 20.8 Å². The van der Waals surface area contributed by atoms with Crippen LogP contribution in [0.25, 0.3) is 0 Å². The van der Waals surface area contributed by atoms with Crippen LogP contribution < -0.4 is 10.6 Å². The van der Waals surface area contributed by atoms with Crippen molar-refractivity contribution in [2.75, 3.05) is 19.8 Å². The predicted molar refractivity (Wildman–Crippen MR) is 53.9 cm³/mol. The molecule has 0 unspecified atom stereocenters. The smallest absolute Gasteiger partial charge is 0.234 e. The average molecular weight is 204 g/mol. The summed E-state index contributed by atoms with van der Waals surface area (Å²) in [5, 5.41) is 22.9. The lowest BCUT2D eigenvalue weighted by molar-refractivity contribution is -0.121. The lowest BCUT2D eigenvalue weighted by Gasteiger charge is -2.21. The summed E-state index contributed by atoms with van der Waals surface area (Å²) in [4.78, 5) is 11.2. The molecule has 0 aliphatic rings. The fraction of sp³-hybridized carbons (Fsp3) is 0.889. The van der Waals surface area contributed by atoms with E-state index in [0.717, 1.165) is 0 Å². The fourth-order valence-electron chi connectivity index (χ4n) is 0.773. The van der Waals surface area contributed by atoms with Crippen molar-refractivity contribution in [1.29, 1.82) is 0 Å². The number of aliphatic hydroxyl groups excluding tert-OH is 2. The van der Waals surface area contributed by atoms with Gasteiger partial charge in [-0.25, -0.2) is 0 Å². The number of hydrogen-bond acceptors (Lipinski definition) is 4. The molecule has 0 rings (SSSR count). The third-order valence-corrected chi connectivity index (χ3v) is 1.59. The van der Waals surface area contributed by atoms with Crippen LogP contribution in [0.3, 0.4) is 0 Å². The number of aliphatic hydroxyl groups is 2. The number of amides is 1. The summed E-state index contributed by atoms with van der Waals surface area (Å²) in [6.07, 6.45) is 0. The first-order chi connectivity index (χ1) is 6.39. The number of rotatable bonds is 5. The molecule has 0 saturated heterocycles. The third kappa shape index (κ3) is 6.82. The Balaban J connectivity index is 3.75. The van der Waals surface area contributed by atoms with E-state index in [4.69, 9.17) is 10.2 Å². The summed E-state index contributed by atoms with van der Waals surface area (Å²) in [7, 11) is 0. The zero-order chi connectivity index (χ0) is 11.2. The van der Waals surface area contributed by atoms with Gasteiger partial charge in [-0.15, -0.1) is 0 Å². The molecule has 84 valence electrons. The van der Waals surface area contributed by atoms with Crippen molar-refractivity contribution < 1.29 is 15.0 Å². The zero-order valence-electron chi connectivity index (χ0n) is 9.00. The Morgan fingerprint density at radius 3 is 2.14 bits per heavy atom. The summed E-state index contributed by atoms with van der Waals surface area (Å²) in [5.74, 6) is -0.229. The van der Waals surface area contributed by atoms with Gasteiger partial charge in [0.05, 0.1) is 25.8 Å². The minimum absolute atomic E-state index is 0.120. The Morgan fingerprint density at radius 2 is 1.79 bits per heavy atom. The lowest BCUT2D eigenvalue weighted by Crippen LogP contribution is -2.47. The van der Waals surface area contributed by atoms with E-state index in [1.807, 2.05) is 20.8 Å². The van der Waals surface area contributed by atoms with Gasteiger partial charge in [0.25, 0.3) is 0 Å². The van der Waals surface area contributed by atoms with Crippen LogP contribution in [-0.2, 0) is 4.79 Å². The summed E-state index contributed by atoms with van der Waals surface area (Å²) in [6.45, 7) is 5.54. The first kappa shape index (κ1) is 13.4. The highest BCUT2D eigenvalue weighted by Crippen LogP contribution is 1.96. The van der Waals surface area contributed by atoms with E-state index in [1.54, 1.807) is 0 Å². The topological polar surface area (TPSA) is 81.6 Å². The SMILES string of the molecule is CC(C)(C)NCC(=O)NC(CO)CO. The molecule has 0 spiro atoms. The number of carbonyl (C=O) groups excluding carboxylic acids is 1. The Morgan fingerprint density at radius 1 is 1.29 bits per heavy atom. The molecule has 5 nitrogen and oxygen atoms in total. The van der Waals surface area contributed by atoms with Crippen molar-refractivity contribution in [3.8, 4) is 0 Å². The lowest BCUT2D eigenvalue weighted by atomic mass is 10.1. The Bertz CT molecular complexity index is 173. The van der Waals surface area contributed by atoms with Crippen LogP contribution in [-0.4, -0.2) is 47.5 Å². The van der Waals surface area contributed by atoms with E-state index >= 15 is 0 Å². The normalized spacial score (nSPS) is 11.9. The summed E-state index contributed by atoms with van der Waals surface area (Å²) in [5.41, 5.74) is -0.120. The second-order valence-corrected chi connectivity index (χ2v) is 4.23. The van der Waals surface area contributed by atoms with E-state index in [2.05, 4.69) is 10.6 Å². The first-order valence-electron chi connectivity index (χ1n) is 4.65. The molecule has 5 heteroatoms. The number of carbonyl (C=O) groups is 1. The minimum Gasteiger partial charge on any atom is -0.394 e. The van der Waals surface area contributed by atoms with Crippen molar-refractivity contribution in [3.63, 3.8) is 0 Å². The maximum atomic E-state index is 11.2. The standard InChI is InChI=1S/C9H20N2O3/c1-9(2,3)10-4-8(14)11-7(5-12)6-13/h7,10,12-13H,4-6H2,1-3H3,(H,11,14). The first-order valence-corrected chi connectivity index (χ1v) is 4.65. The van der Waals surface area contributed by atoms with Crippen LogP contribution in [0.2, 0.25) is 0 Å². The summed E-state index contributed by atoms with van der Waals surface area (Å²) < 4.78 is 0. The van der Waals surface area contributed by atoms with Gasteiger partial charge in [-0.1, -0.05) is 0 Å². The van der Waals surface area contributed by atoms with Gasteiger partial charge in [0.15, 0.2) is 0 Å². The maximum Gasteiger partial charge on any atom is 0.234 e. The molecule has 0 aliphatic carbocycles. The highest BCUT2D eigenvalue weighted by Gasteiger charge is 2.13. The van der Waals surface area contributed by atoms with Crippen LogP contribution in [0, 0.1) is 0 Å². The van der Waals surface area contributed by atoms with Gasteiger partial charge >= 0.3 is 0 Å². The van der Waals surface area contributed by atoms with Crippen LogP contribution in [0.15, 0.2) is 0 Å². The fourth-order valence-corrected chi connectivity index (χ4v) is 0.773. The van der Waals surface area contributed by atoms with Crippen LogP contribution in [0.5, 0.6) is 0 Å². The molecule has 0 radical (unpaired) electrons. The molecule has 0 aromatic carbocycles. The molecular weight excluding hydrogens is 184 g/mol. The van der Waals surface area contributed by atoms with E-state index in [-0.39, 0.29) is 31.2 Å². The monoisotopic (exact) mass is 204 g/mol. The second-order valence-electron chi connectivity index (χ2n) is 4.23. The van der Waals surface area contributed by atoms with Gasteiger partial charge in [0.2, 0.25) is 5.91 Å². The van der Waals surface area contributed by atoms with Gasteiger partial charge in [0.1, 0.15) is 0 Å². The Hall–Kier alpha value is -0.650. The van der Waals surface area contributed by atoms with Crippen molar-refractivity contribution in [2.45, 2.75) is 32.4 Å². The molecule has 0 saturated carbocycles. The molecule has 0 bridgehead atoms. The van der Waals surface area contributed by atoms with Crippen LogP contribution >= 0.6 is 0 Å². The molecule has 0 aliphatic heterocycles. The molecule has 0 aromatic heterocycles. The van der Waals surface area contributed by atoms with E-state index in [9.17, 15) is 4.79 Å². The van der Waals surface area contributed by atoms with E-state index < -0.39 is 6.04 Å². The molecule has 0 atom stereocenters. The molecule has 1 amide bonds. The predicted octanol–water partition coefficient (Wildman–Crippen LogP) is -1.16. The van der Waals surface area contributed by atoms with Crippen LogP contribution in [0.1, 0.15) is 20.8 Å². The quantitative estimate of drug-likeness (QED) is 0.455. The molecule has 14 heavy (non-hydrogen) atoms. The largest absolute Gasteiger partial charge is 0.394 e. The average Bonchev–Trinajstić information content (AvgIpc) is 2.09. The van der Waals surface area contributed by atoms with E-state index in [1.165, 1.54) is 0 Å². The molecule has 0 aromatic rings. The highest BCUT2D eigenvalue weighted by atomic mass is 16.3. The summed E-state index contributed by atoms with van der Waals surface area (Å²) >= 11 is 0. The number of nitrogens with one attached hydrogen (secondary N) is 2. The van der Waals surface area contributed by atoms with Crippen molar-refractivity contribution in [2.24, 2.45) is 0 Å². The second kappa shape index (κ2) is 5.95. The Kier molecular flexibility index (Phi) is 5.68. The molecule has 0 fully saturated rings. The van der Waals surface area contributed by atoms with Gasteiger partial charge in [0, 0.05) is 5.54 Å². The van der Waals surface area contributed by atoms with Crippen molar-refractivity contribution in [3.05, 3.63) is 0 Å². The van der Waals surface area contributed by atoms with Crippen molar-refractivity contribution in [1.82, 2.24) is 10.6 Å². The highest BCUT2D eigenvalue weighted by molar-refractivity contribution is 5.78. The van der Waals surface area contributed by atoms with Gasteiger partial charge in [-0.05, 0) is 20.8 Å². The van der Waals surface area contributed by atoms with Gasteiger partial charge in [-0.2, -0.15) is 0 Å². The van der Waals surface area contributed by atoms with E-state index in [0.29, 0.717) is 0 Å². The van der Waals surface area contributed by atoms with Gasteiger partial charge in [-0.3, -0.25) is 4.79 Å². The maximum absolute atomic E-state index is 11.2. The number of hydrogen-bond donors (Lipinski definition) is 4. The van der Waals surface area contributed by atoms with Crippen molar-refractivity contribution >= 4 is 5.91 Å². The molecule has 4 N–H and O–H groups in total. The third-order valence-electron chi connectivity index (χ3n) is 1.59. The minimum atomic E-state index is -0.565. The zero-order valence-corrected chi connectivity index (χ0v) is 9.00. The molecule has 0 heterocycles. The Labute approximate surface area is 84.5 Å².